The lowest BCUT2D eigenvalue weighted by molar-refractivity contribution is -0.189. The molecule has 1 aromatic carbocycles. The lowest BCUT2D eigenvalue weighted by Gasteiger charge is -2.16. The maximum absolute atomic E-state index is 12.0. The molecule has 0 amide bonds. The summed E-state index contributed by atoms with van der Waals surface area (Å²) in [6, 6.07) is 4.67. The van der Waals surface area contributed by atoms with E-state index in [0.29, 0.717) is 0 Å². The van der Waals surface area contributed by atoms with Gasteiger partial charge in [0, 0.05) is 0 Å². The number of esters is 1. The number of carbonyl (C=O) groups is 1. The molecule has 0 atom stereocenters. The zero-order valence-corrected chi connectivity index (χ0v) is 9.01. The molecule has 17 heavy (non-hydrogen) atoms. The molecule has 0 fully saturated rings. The summed E-state index contributed by atoms with van der Waals surface area (Å²) in [5, 5.41) is 0. The second-order valence-electron chi connectivity index (χ2n) is 4.02. The zero-order valence-electron chi connectivity index (χ0n) is 9.01. The third kappa shape index (κ3) is 2.78. The first kappa shape index (κ1) is 12.0. The van der Waals surface area contributed by atoms with Crippen LogP contribution >= 0.6 is 0 Å². The molecule has 0 aliphatic heterocycles. The van der Waals surface area contributed by atoms with Crippen molar-refractivity contribution in [1.29, 1.82) is 0 Å². The zero-order chi connectivity index (χ0) is 12.5. The monoisotopic (exact) mass is 244 g/mol. The minimum Gasteiger partial charge on any atom is -0.420 e. The molecule has 0 saturated heterocycles. The number of aryl methyl sites for hydroxylation is 2. The van der Waals surface area contributed by atoms with Crippen molar-refractivity contribution in [3.8, 4) is 5.75 Å². The van der Waals surface area contributed by atoms with Crippen LogP contribution in [0.25, 0.3) is 0 Å². The number of carbonyl (C=O) groups excluding carboxylic acids is 1. The van der Waals surface area contributed by atoms with Crippen LogP contribution in [0.4, 0.5) is 13.2 Å². The van der Waals surface area contributed by atoms with E-state index in [0.717, 1.165) is 36.8 Å². The molecular weight excluding hydrogens is 233 g/mol. The Morgan fingerprint density at radius 3 is 2.41 bits per heavy atom. The van der Waals surface area contributed by atoms with Gasteiger partial charge in [0.25, 0.3) is 0 Å². The molecule has 5 heteroatoms. The molecule has 1 aromatic rings. The van der Waals surface area contributed by atoms with Crippen molar-refractivity contribution in [3.05, 3.63) is 29.3 Å². The number of fused-ring (bicyclic) bond motifs is 1. The third-order valence-corrected chi connectivity index (χ3v) is 2.76. The molecule has 0 N–H and O–H groups in total. The minimum absolute atomic E-state index is 0.0343. The first-order valence-corrected chi connectivity index (χ1v) is 5.37. The summed E-state index contributed by atoms with van der Waals surface area (Å²) < 4.78 is 40.3. The summed E-state index contributed by atoms with van der Waals surface area (Å²) in [4.78, 5) is 10.7. The quantitative estimate of drug-likeness (QED) is 0.560. The van der Waals surface area contributed by atoms with E-state index in [2.05, 4.69) is 4.74 Å². The van der Waals surface area contributed by atoms with Gasteiger partial charge in [0.1, 0.15) is 5.75 Å². The Kier molecular flexibility index (Phi) is 3.09. The van der Waals surface area contributed by atoms with Gasteiger partial charge >= 0.3 is 12.1 Å². The second-order valence-corrected chi connectivity index (χ2v) is 4.02. The smallest absolute Gasteiger partial charge is 0.420 e. The Bertz CT molecular complexity index is 438. The van der Waals surface area contributed by atoms with Crippen LogP contribution in [-0.2, 0) is 17.6 Å². The Hall–Kier alpha value is -1.52. The minimum atomic E-state index is -4.95. The predicted octanol–water partition coefficient (Wildman–Crippen LogP) is 3.03. The highest BCUT2D eigenvalue weighted by molar-refractivity contribution is 5.78. The molecule has 2 nitrogen and oxygen atoms in total. The highest BCUT2D eigenvalue weighted by atomic mass is 19.4. The van der Waals surface area contributed by atoms with Crippen molar-refractivity contribution in [2.45, 2.75) is 31.9 Å². The lowest BCUT2D eigenvalue weighted by Crippen LogP contribution is -2.28. The fraction of sp³-hybridized carbons (Fsp3) is 0.417. The SMILES string of the molecule is O=C(Oc1ccc2c(c1)CCCC2)C(F)(F)F. The van der Waals surface area contributed by atoms with Crippen molar-refractivity contribution in [2.24, 2.45) is 0 Å². The predicted molar refractivity (Wildman–Crippen MR) is 54.8 cm³/mol. The highest BCUT2D eigenvalue weighted by Gasteiger charge is 2.41. The van der Waals surface area contributed by atoms with Gasteiger partial charge in [-0.15, -0.1) is 0 Å². The van der Waals surface area contributed by atoms with Gasteiger partial charge in [0.2, 0.25) is 0 Å². The van der Waals surface area contributed by atoms with E-state index < -0.39 is 12.1 Å². The molecule has 1 aliphatic rings. The fourth-order valence-corrected chi connectivity index (χ4v) is 1.94. The summed E-state index contributed by atoms with van der Waals surface area (Å²) >= 11 is 0. The Morgan fingerprint density at radius 2 is 1.76 bits per heavy atom. The average Bonchev–Trinajstić information content (AvgIpc) is 2.27. The van der Waals surface area contributed by atoms with E-state index in [1.807, 2.05) is 0 Å². The van der Waals surface area contributed by atoms with Gasteiger partial charge in [-0.3, -0.25) is 0 Å². The number of rotatable bonds is 1. The third-order valence-electron chi connectivity index (χ3n) is 2.76. The van der Waals surface area contributed by atoms with Gasteiger partial charge in [-0.2, -0.15) is 13.2 Å². The first-order valence-electron chi connectivity index (χ1n) is 5.37. The maximum atomic E-state index is 12.0. The maximum Gasteiger partial charge on any atom is 0.491 e. The molecule has 0 heterocycles. The van der Waals surface area contributed by atoms with E-state index in [1.165, 1.54) is 12.1 Å². The molecule has 2 rings (SSSR count). The van der Waals surface area contributed by atoms with Gasteiger partial charge in [-0.05, 0) is 48.9 Å². The fourth-order valence-electron chi connectivity index (χ4n) is 1.94. The molecule has 0 spiro atoms. The Balaban J connectivity index is 2.15. The molecule has 0 bridgehead atoms. The van der Waals surface area contributed by atoms with E-state index in [1.54, 1.807) is 6.07 Å². The van der Waals surface area contributed by atoms with Crippen LogP contribution in [0, 0.1) is 0 Å². The van der Waals surface area contributed by atoms with Crippen LogP contribution in [0.3, 0.4) is 0 Å². The van der Waals surface area contributed by atoms with Crippen LogP contribution < -0.4 is 4.74 Å². The Labute approximate surface area is 96.4 Å². The average molecular weight is 244 g/mol. The number of hydrogen-bond donors (Lipinski definition) is 0. The topological polar surface area (TPSA) is 26.3 Å². The van der Waals surface area contributed by atoms with E-state index in [4.69, 9.17) is 0 Å². The number of alkyl halides is 3. The number of ether oxygens (including phenoxy) is 1. The first-order chi connectivity index (χ1) is 7.97. The molecule has 0 unspecified atom stereocenters. The summed E-state index contributed by atoms with van der Waals surface area (Å²) in [6.45, 7) is 0. The summed E-state index contributed by atoms with van der Waals surface area (Å²) in [6.07, 6.45) is -1.08. The normalized spacial score (nSPS) is 15.2. The van der Waals surface area contributed by atoms with E-state index in [-0.39, 0.29) is 5.75 Å². The van der Waals surface area contributed by atoms with Crippen molar-refractivity contribution in [3.63, 3.8) is 0 Å². The lowest BCUT2D eigenvalue weighted by atomic mass is 9.92. The Morgan fingerprint density at radius 1 is 1.12 bits per heavy atom. The van der Waals surface area contributed by atoms with Gasteiger partial charge < -0.3 is 4.74 Å². The summed E-state index contributed by atoms with van der Waals surface area (Å²) in [5.74, 6) is -2.21. The van der Waals surface area contributed by atoms with Crippen LogP contribution in [0.15, 0.2) is 18.2 Å². The molecular formula is C12H11F3O2. The highest BCUT2D eigenvalue weighted by Crippen LogP contribution is 2.26. The largest absolute Gasteiger partial charge is 0.491 e. The number of benzene rings is 1. The number of hydrogen-bond acceptors (Lipinski definition) is 2. The van der Waals surface area contributed by atoms with Crippen LogP contribution in [0.5, 0.6) is 5.75 Å². The van der Waals surface area contributed by atoms with Crippen LogP contribution in [0.2, 0.25) is 0 Å². The van der Waals surface area contributed by atoms with Gasteiger partial charge in [-0.1, -0.05) is 6.07 Å². The van der Waals surface area contributed by atoms with Crippen LogP contribution in [-0.4, -0.2) is 12.1 Å². The van der Waals surface area contributed by atoms with Gasteiger partial charge in [0.15, 0.2) is 0 Å². The van der Waals surface area contributed by atoms with Crippen molar-refractivity contribution in [1.82, 2.24) is 0 Å². The molecule has 0 radical (unpaired) electrons. The molecule has 92 valence electrons. The summed E-state index contributed by atoms with van der Waals surface area (Å²) in [7, 11) is 0. The van der Waals surface area contributed by atoms with Crippen molar-refractivity contribution < 1.29 is 22.7 Å². The van der Waals surface area contributed by atoms with Crippen LogP contribution in [0.1, 0.15) is 24.0 Å². The van der Waals surface area contributed by atoms with Crippen molar-refractivity contribution in [2.75, 3.05) is 0 Å². The molecule has 0 saturated carbocycles. The molecule has 1 aliphatic carbocycles. The van der Waals surface area contributed by atoms with Gasteiger partial charge in [0.05, 0.1) is 0 Å². The summed E-state index contributed by atoms with van der Waals surface area (Å²) in [5.41, 5.74) is 2.10. The standard InChI is InChI=1S/C12H11F3O2/c13-12(14,15)11(16)17-10-6-5-8-3-1-2-4-9(8)7-10/h5-7H,1-4H2. The van der Waals surface area contributed by atoms with Crippen molar-refractivity contribution >= 4 is 5.97 Å². The van der Waals surface area contributed by atoms with E-state index in [9.17, 15) is 18.0 Å². The van der Waals surface area contributed by atoms with E-state index >= 15 is 0 Å². The number of halogens is 3. The molecule has 0 aromatic heterocycles. The second kappa shape index (κ2) is 4.39. The van der Waals surface area contributed by atoms with Gasteiger partial charge in [-0.25, -0.2) is 4.79 Å².